The molecule has 0 unspecified atom stereocenters. The Kier molecular flexibility index (Phi) is 1.45. The van der Waals surface area contributed by atoms with Crippen LogP contribution in [0.3, 0.4) is 0 Å². The van der Waals surface area contributed by atoms with Crippen LogP contribution in [0, 0.1) is 0 Å². The molecule has 8 heavy (non-hydrogen) atoms. The van der Waals surface area contributed by atoms with E-state index in [0.29, 0.717) is 13.0 Å². The molecule has 0 aromatic carbocycles. The molecule has 1 saturated heterocycles. The summed E-state index contributed by atoms with van der Waals surface area (Å²) in [4.78, 5) is 0. The summed E-state index contributed by atoms with van der Waals surface area (Å²) in [5.74, 6) is 0. The Bertz CT molecular complexity index is 96.0. The van der Waals surface area contributed by atoms with Gasteiger partial charge in [-0.3, -0.25) is 0 Å². The Hall–Kier alpha value is 0.170. The number of hydroxylamine groups is 2. The van der Waals surface area contributed by atoms with Crippen molar-refractivity contribution in [3.05, 3.63) is 0 Å². The zero-order valence-corrected chi connectivity index (χ0v) is 5.10. The zero-order chi connectivity index (χ0) is 6.20. The van der Waals surface area contributed by atoms with Gasteiger partial charge in [0.25, 0.3) is 0 Å². The Morgan fingerprint density at radius 2 is 2.25 bits per heavy atom. The Labute approximate surface area is 52.4 Å². The maximum Gasteiger partial charge on any atom is 0.217 e. The average molecular weight is 138 g/mol. The predicted octanol–water partition coefficient (Wildman–Crippen LogP) is 0.356. The van der Waals surface area contributed by atoms with E-state index < -0.39 is 5.18 Å². The molecule has 2 N–H and O–H groups in total. The number of alkyl halides is 1. The molecule has 0 amide bonds. The summed E-state index contributed by atoms with van der Waals surface area (Å²) >= 11 is 5.35. The van der Waals surface area contributed by atoms with Gasteiger partial charge in [0.05, 0.1) is 0 Å². The van der Waals surface area contributed by atoms with Crippen molar-refractivity contribution in [1.82, 2.24) is 5.06 Å². The standard InChI is InChI=1S/C4H8ClNO2/c5-4(7)2-1-3-6(4)8/h7-8H,1-3H2/t4-/m1/s1. The van der Waals surface area contributed by atoms with E-state index in [9.17, 15) is 0 Å². The lowest BCUT2D eigenvalue weighted by atomic mass is 10.4. The van der Waals surface area contributed by atoms with Crippen molar-refractivity contribution < 1.29 is 10.3 Å². The average Bonchev–Trinajstić information content (AvgIpc) is 1.86. The fraction of sp³-hybridized carbons (Fsp3) is 1.00. The molecule has 0 bridgehead atoms. The quantitative estimate of drug-likeness (QED) is 0.374. The van der Waals surface area contributed by atoms with Crippen LogP contribution in [0.5, 0.6) is 0 Å². The number of rotatable bonds is 0. The van der Waals surface area contributed by atoms with Gasteiger partial charge in [-0.2, -0.15) is 0 Å². The van der Waals surface area contributed by atoms with Crippen LogP contribution in [0.4, 0.5) is 0 Å². The largest absolute Gasteiger partial charge is 0.361 e. The first-order valence-electron chi connectivity index (χ1n) is 2.51. The number of hydrogen-bond donors (Lipinski definition) is 2. The summed E-state index contributed by atoms with van der Waals surface area (Å²) in [5, 5.41) is 16.9. The molecule has 48 valence electrons. The van der Waals surface area contributed by atoms with Crippen LogP contribution >= 0.6 is 11.6 Å². The minimum atomic E-state index is -1.49. The van der Waals surface area contributed by atoms with Crippen LogP contribution in [0.15, 0.2) is 0 Å². The second-order valence-electron chi connectivity index (χ2n) is 1.95. The summed E-state index contributed by atoms with van der Waals surface area (Å²) in [6.07, 6.45) is 1.18. The third kappa shape index (κ3) is 0.951. The fourth-order valence-electron chi connectivity index (χ4n) is 0.754. The van der Waals surface area contributed by atoms with Crippen molar-refractivity contribution in [3.63, 3.8) is 0 Å². The van der Waals surface area contributed by atoms with Crippen LogP contribution in [0.2, 0.25) is 0 Å². The Morgan fingerprint density at radius 1 is 1.62 bits per heavy atom. The van der Waals surface area contributed by atoms with E-state index in [1.54, 1.807) is 0 Å². The lowest BCUT2D eigenvalue weighted by Crippen LogP contribution is -2.35. The molecule has 0 aromatic heterocycles. The molecular weight excluding hydrogens is 130 g/mol. The minimum Gasteiger partial charge on any atom is -0.361 e. The van der Waals surface area contributed by atoms with Gasteiger partial charge < -0.3 is 10.3 Å². The first-order valence-corrected chi connectivity index (χ1v) is 2.88. The Balaban J connectivity index is 2.54. The maximum absolute atomic E-state index is 8.90. The van der Waals surface area contributed by atoms with Crippen molar-refractivity contribution in [1.29, 1.82) is 0 Å². The summed E-state index contributed by atoms with van der Waals surface area (Å²) in [6, 6.07) is 0. The number of hydrogen-bond acceptors (Lipinski definition) is 3. The summed E-state index contributed by atoms with van der Waals surface area (Å²) in [7, 11) is 0. The van der Waals surface area contributed by atoms with E-state index in [2.05, 4.69) is 0 Å². The highest BCUT2D eigenvalue weighted by molar-refractivity contribution is 6.22. The molecule has 3 nitrogen and oxygen atoms in total. The maximum atomic E-state index is 8.90. The minimum absolute atomic E-state index is 0.436. The van der Waals surface area contributed by atoms with Gasteiger partial charge in [-0.15, -0.1) is 5.06 Å². The molecule has 1 heterocycles. The second kappa shape index (κ2) is 1.84. The smallest absolute Gasteiger partial charge is 0.217 e. The van der Waals surface area contributed by atoms with Gasteiger partial charge in [-0.1, -0.05) is 11.6 Å². The van der Waals surface area contributed by atoms with Gasteiger partial charge in [0, 0.05) is 13.0 Å². The van der Waals surface area contributed by atoms with Crippen molar-refractivity contribution in [2.75, 3.05) is 6.54 Å². The van der Waals surface area contributed by atoms with Crippen LogP contribution in [-0.2, 0) is 0 Å². The molecule has 1 rings (SSSR count). The summed E-state index contributed by atoms with van der Waals surface area (Å²) < 4.78 is 0. The number of nitrogens with zero attached hydrogens (tertiary/aromatic N) is 1. The van der Waals surface area contributed by atoms with E-state index in [0.717, 1.165) is 11.5 Å². The van der Waals surface area contributed by atoms with Crippen LogP contribution in [0.25, 0.3) is 0 Å². The highest BCUT2D eigenvalue weighted by Gasteiger charge is 2.35. The van der Waals surface area contributed by atoms with E-state index in [4.69, 9.17) is 21.9 Å². The van der Waals surface area contributed by atoms with Gasteiger partial charge in [0.2, 0.25) is 5.18 Å². The molecule has 4 heteroatoms. The monoisotopic (exact) mass is 137 g/mol. The fourth-order valence-corrected chi connectivity index (χ4v) is 0.972. The number of halogens is 1. The highest BCUT2D eigenvalue weighted by atomic mass is 35.5. The normalized spacial score (nSPS) is 40.9. The molecule has 1 atom stereocenters. The van der Waals surface area contributed by atoms with Gasteiger partial charge in [-0.25, -0.2) is 0 Å². The van der Waals surface area contributed by atoms with Gasteiger partial charge in [0.1, 0.15) is 0 Å². The highest BCUT2D eigenvalue weighted by Crippen LogP contribution is 2.27. The zero-order valence-electron chi connectivity index (χ0n) is 4.34. The molecule has 0 saturated carbocycles. The first kappa shape index (κ1) is 6.29. The van der Waals surface area contributed by atoms with E-state index >= 15 is 0 Å². The first-order chi connectivity index (χ1) is 3.63. The van der Waals surface area contributed by atoms with Gasteiger partial charge >= 0.3 is 0 Å². The third-order valence-corrected chi connectivity index (χ3v) is 1.64. The lowest BCUT2D eigenvalue weighted by Gasteiger charge is -2.19. The molecule has 1 aliphatic rings. The topological polar surface area (TPSA) is 43.7 Å². The van der Waals surface area contributed by atoms with Crippen molar-refractivity contribution in [2.24, 2.45) is 0 Å². The summed E-state index contributed by atoms with van der Waals surface area (Å²) in [6.45, 7) is 0.458. The van der Waals surface area contributed by atoms with Gasteiger partial charge in [0.15, 0.2) is 0 Å². The van der Waals surface area contributed by atoms with Crippen molar-refractivity contribution >= 4 is 11.6 Å². The van der Waals surface area contributed by atoms with Crippen LogP contribution in [0.1, 0.15) is 12.8 Å². The predicted molar refractivity (Wildman–Crippen MR) is 28.5 cm³/mol. The molecule has 0 aromatic rings. The lowest BCUT2D eigenvalue weighted by molar-refractivity contribution is -0.194. The molecule has 0 spiro atoms. The van der Waals surface area contributed by atoms with E-state index in [-0.39, 0.29) is 0 Å². The van der Waals surface area contributed by atoms with Crippen molar-refractivity contribution in [3.8, 4) is 0 Å². The second-order valence-corrected chi connectivity index (χ2v) is 2.55. The molecule has 0 aliphatic carbocycles. The number of aliphatic hydroxyl groups is 1. The third-order valence-electron chi connectivity index (χ3n) is 1.26. The molecular formula is C4H8ClNO2. The van der Waals surface area contributed by atoms with Crippen LogP contribution < -0.4 is 0 Å². The van der Waals surface area contributed by atoms with E-state index in [1.165, 1.54) is 0 Å². The van der Waals surface area contributed by atoms with Crippen LogP contribution in [-0.4, -0.2) is 27.1 Å². The van der Waals surface area contributed by atoms with Crippen molar-refractivity contribution in [2.45, 2.75) is 18.0 Å². The van der Waals surface area contributed by atoms with Gasteiger partial charge in [-0.05, 0) is 6.42 Å². The Morgan fingerprint density at radius 3 is 2.38 bits per heavy atom. The molecule has 1 fully saturated rings. The molecule has 1 aliphatic heterocycles. The molecule has 0 radical (unpaired) electrons. The SMILES string of the molecule is ON1CCC[C@@]1(O)Cl. The summed E-state index contributed by atoms with van der Waals surface area (Å²) in [5.41, 5.74) is 0. The van der Waals surface area contributed by atoms with E-state index in [1.807, 2.05) is 0 Å².